The summed E-state index contributed by atoms with van der Waals surface area (Å²) in [4.78, 5) is 9.75. The average molecular weight is 300 g/mol. The molecule has 13 heteroatoms. The van der Waals surface area contributed by atoms with Crippen LogP contribution in [0.4, 0.5) is 44.2 Å². The fourth-order valence-corrected chi connectivity index (χ4v) is 0.457. The van der Waals surface area contributed by atoms with E-state index in [0.717, 1.165) is 0 Å². The zero-order valence-corrected chi connectivity index (χ0v) is 7.57. The van der Waals surface area contributed by atoms with Crippen LogP contribution in [-0.4, -0.2) is 35.4 Å². The van der Waals surface area contributed by atoms with Gasteiger partial charge < -0.3 is 5.11 Å². The second-order valence-corrected chi connectivity index (χ2v) is 2.51. The Balaban J connectivity index is 0. The van der Waals surface area contributed by atoms with Gasteiger partial charge in [0.05, 0.1) is 0 Å². The maximum atomic E-state index is 12.5. The molecule has 110 valence electrons. The molecule has 0 aliphatic carbocycles. The Bertz CT molecular complexity index is 306. The van der Waals surface area contributed by atoms with Crippen LogP contribution in [0, 0.1) is 0 Å². The minimum absolute atomic E-state index is 0. The Hall–Kier alpha value is -1.27. The van der Waals surface area contributed by atoms with Crippen molar-refractivity contribution in [2.45, 2.75) is 24.3 Å². The summed E-state index contributed by atoms with van der Waals surface area (Å²) in [7, 11) is 0. The number of ether oxygens (including phenoxy) is 1. The summed E-state index contributed by atoms with van der Waals surface area (Å²) in [6.07, 6.45) is -19.9. The molecule has 0 amide bonds. The molecule has 0 spiro atoms. The van der Waals surface area contributed by atoms with Gasteiger partial charge in [-0.1, -0.05) is 0 Å². The predicted molar refractivity (Wildman–Crippen MR) is 32.1 cm³/mol. The Morgan fingerprint density at radius 2 is 1.17 bits per heavy atom. The lowest BCUT2D eigenvalue weighted by Crippen LogP contribution is -2.57. The topological polar surface area (TPSA) is 46.5 Å². The maximum absolute atomic E-state index is 12.5. The zero-order chi connectivity index (χ0) is 14.3. The van der Waals surface area contributed by atoms with E-state index >= 15 is 0 Å². The number of carbonyl (C=O) groups is 1. The third-order valence-electron chi connectivity index (χ3n) is 1.24. The molecule has 0 aliphatic heterocycles. The lowest BCUT2D eigenvalue weighted by Gasteiger charge is -2.28. The number of hydrogen-bond acceptors (Lipinski definition) is 2. The Labute approximate surface area is 90.5 Å². The molecule has 0 heterocycles. The third-order valence-corrected chi connectivity index (χ3v) is 1.24. The quantitative estimate of drug-likeness (QED) is 0.815. The van der Waals surface area contributed by atoms with Crippen molar-refractivity contribution in [3.8, 4) is 0 Å². The molecule has 0 rings (SSSR count). The summed E-state index contributed by atoms with van der Waals surface area (Å²) >= 11 is 0. The van der Waals surface area contributed by atoms with E-state index in [1.165, 1.54) is 0 Å². The monoisotopic (exact) mass is 300 g/mol. The molecule has 0 saturated carbocycles. The number of carboxylic acid groups (broad SMARTS) is 1. The first-order valence-corrected chi connectivity index (χ1v) is 3.29. The lowest BCUT2D eigenvalue weighted by atomic mass is 10.3. The number of carboxylic acids is 1. The molecular formula is C5H2F10O3. The third kappa shape index (κ3) is 3.36. The van der Waals surface area contributed by atoms with Crippen molar-refractivity contribution in [2.75, 3.05) is 0 Å². The maximum Gasteiger partial charge on any atom is 0.483 e. The van der Waals surface area contributed by atoms with Crippen molar-refractivity contribution >= 4 is 5.97 Å². The highest BCUT2D eigenvalue weighted by Gasteiger charge is 2.73. The van der Waals surface area contributed by atoms with Crippen molar-refractivity contribution in [3.05, 3.63) is 0 Å². The molecule has 0 bridgehead atoms. The minimum Gasteiger partial charge on any atom is -0.477 e. The molecule has 0 radical (unpaired) electrons. The number of hydrogen-bond donors (Lipinski definition) is 1. The van der Waals surface area contributed by atoms with Crippen LogP contribution < -0.4 is 0 Å². The lowest BCUT2D eigenvalue weighted by molar-refractivity contribution is -0.460. The Morgan fingerprint density at radius 3 is 1.33 bits per heavy atom. The standard InChI is InChI=1S/C5HF9O3.FH/c6-2(1(15)16,3(7,8)9)17-5(13,14)4(10,11)12;/h(H,15,16);1H. The second kappa shape index (κ2) is 4.78. The molecule has 1 atom stereocenters. The molecule has 0 aromatic heterocycles. The molecule has 18 heavy (non-hydrogen) atoms. The highest BCUT2D eigenvalue weighted by atomic mass is 19.4. The predicted octanol–water partition coefficient (Wildman–Crippen LogP) is 2.62. The largest absolute Gasteiger partial charge is 0.483 e. The summed E-state index contributed by atoms with van der Waals surface area (Å²) in [5.74, 6) is -9.86. The van der Waals surface area contributed by atoms with E-state index in [9.17, 15) is 44.3 Å². The van der Waals surface area contributed by atoms with Gasteiger partial charge in [0.15, 0.2) is 0 Å². The number of halogens is 10. The fraction of sp³-hybridized carbons (Fsp3) is 0.800. The summed E-state index contributed by atoms with van der Waals surface area (Å²) in [6.45, 7) is 0. The molecule has 0 fully saturated rings. The van der Waals surface area contributed by atoms with Gasteiger partial charge in [0.1, 0.15) is 0 Å². The Kier molecular flexibility index (Phi) is 5.06. The first kappa shape index (κ1) is 19.1. The summed E-state index contributed by atoms with van der Waals surface area (Å²) in [6, 6.07) is 0. The van der Waals surface area contributed by atoms with Gasteiger partial charge >= 0.3 is 30.3 Å². The molecular weight excluding hydrogens is 298 g/mol. The van der Waals surface area contributed by atoms with Crippen molar-refractivity contribution in [2.24, 2.45) is 0 Å². The molecule has 3 nitrogen and oxygen atoms in total. The smallest absolute Gasteiger partial charge is 0.477 e. The molecule has 0 aromatic carbocycles. The van der Waals surface area contributed by atoms with E-state index in [-0.39, 0.29) is 4.70 Å². The van der Waals surface area contributed by atoms with Gasteiger partial charge in [0.25, 0.3) is 0 Å². The van der Waals surface area contributed by atoms with E-state index < -0.39 is 30.3 Å². The summed E-state index contributed by atoms with van der Waals surface area (Å²) < 4.78 is 108. The summed E-state index contributed by atoms with van der Waals surface area (Å²) in [5.41, 5.74) is 0. The van der Waals surface area contributed by atoms with Crippen LogP contribution in [0.5, 0.6) is 0 Å². The van der Waals surface area contributed by atoms with Crippen molar-refractivity contribution in [1.29, 1.82) is 0 Å². The van der Waals surface area contributed by atoms with Crippen molar-refractivity contribution < 1.29 is 58.9 Å². The minimum atomic E-state index is -6.70. The van der Waals surface area contributed by atoms with Gasteiger partial charge in [-0.05, 0) is 0 Å². The van der Waals surface area contributed by atoms with Gasteiger partial charge in [-0.25, -0.2) is 4.79 Å². The van der Waals surface area contributed by atoms with Crippen LogP contribution in [0.2, 0.25) is 0 Å². The van der Waals surface area contributed by atoms with Crippen molar-refractivity contribution in [3.63, 3.8) is 0 Å². The number of alkyl halides is 9. The first-order chi connectivity index (χ1) is 7.15. The van der Waals surface area contributed by atoms with Crippen LogP contribution in [0.25, 0.3) is 0 Å². The van der Waals surface area contributed by atoms with Gasteiger partial charge in [-0.3, -0.25) is 9.44 Å². The van der Waals surface area contributed by atoms with Crippen LogP contribution in [-0.2, 0) is 9.53 Å². The molecule has 0 saturated heterocycles. The second-order valence-electron chi connectivity index (χ2n) is 2.51. The highest BCUT2D eigenvalue weighted by molar-refractivity contribution is 5.76. The molecule has 1 unspecified atom stereocenters. The van der Waals surface area contributed by atoms with Crippen LogP contribution in [0.15, 0.2) is 0 Å². The van der Waals surface area contributed by atoms with E-state index in [2.05, 4.69) is 0 Å². The molecule has 1 N–H and O–H groups in total. The normalized spacial score (nSPS) is 16.7. The number of aliphatic carboxylic acids is 1. The van der Waals surface area contributed by atoms with Crippen LogP contribution in [0.1, 0.15) is 0 Å². The van der Waals surface area contributed by atoms with E-state index in [1.54, 1.807) is 4.74 Å². The van der Waals surface area contributed by atoms with Crippen LogP contribution >= 0.6 is 0 Å². The van der Waals surface area contributed by atoms with Gasteiger partial charge in [0, 0.05) is 0 Å². The Morgan fingerprint density at radius 1 is 0.833 bits per heavy atom. The molecule has 0 aliphatic rings. The van der Waals surface area contributed by atoms with Gasteiger partial charge in [0.2, 0.25) is 0 Å². The summed E-state index contributed by atoms with van der Waals surface area (Å²) in [5, 5.41) is 7.68. The first-order valence-electron chi connectivity index (χ1n) is 3.29. The fourth-order valence-electron chi connectivity index (χ4n) is 0.457. The number of rotatable bonds is 3. The van der Waals surface area contributed by atoms with E-state index in [1.807, 2.05) is 0 Å². The van der Waals surface area contributed by atoms with E-state index in [0.29, 0.717) is 0 Å². The zero-order valence-electron chi connectivity index (χ0n) is 7.57. The van der Waals surface area contributed by atoms with Crippen molar-refractivity contribution in [1.82, 2.24) is 0 Å². The SMILES string of the molecule is F.O=C(O)C(F)(OC(F)(F)C(F)(F)F)C(F)(F)F. The van der Waals surface area contributed by atoms with Gasteiger partial charge in [-0.15, -0.1) is 0 Å². The average Bonchev–Trinajstić information content (AvgIpc) is 1.98. The van der Waals surface area contributed by atoms with Gasteiger partial charge in [-0.2, -0.15) is 39.5 Å². The van der Waals surface area contributed by atoms with E-state index in [4.69, 9.17) is 5.11 Å². The van der Waals surface area contributed by atoms with Crippen LogP contribution in [0.3, 0.4) is 0 Å². The molecule has 0 aromatic rings. The highest BCUT2D eigenvalue weighted by Crippen LogP contribution is 2.45.